The normalized spacial score (nSPS) is 15.6. The van der Waals surface area contributed by atoms with Crippen LogP contribution in [0.5, 0.6) is 0 Å². The van der Waals surface area contributed by atoms with Crippen LogP contribution < -0.4 is 10.2 Å². The van der Waals surface area contributed by atoms with Crippen molar-refractivity contribution in [2.45, 2.75) is 45.1 Å². The number of nitrogens with one attached hydrogen (secondary N) is 1. The van der Waals surface area contributed by atoms with Crippen LogP contribution in [0.1, 0.15) is 39.0 Å². The van der Waals surface area contributed by atoms with Gasteiger partial charge in [0, 0.05) is 19.1 Å². The summed E-state index contributed by atoms with van der Waals surface area (Å²) in [5.74, 6) is 0.330. The highest BCUT2D eigenvalue weighted by Gasteiger charge is 2.26. The zero-order valence-corrected chi connectivity index (χ0v) is 12.0. The van der Waals surface area contributed by atoms with E-state index in [0.29, 0.717) is 18.3 Å². The molecule has 0 unspecified atom stereocenters. The Morgan fingerprint density at radius 3 is 2.85 bits per heavy atom. The summed E-state index contributed by atoms with van der Waals surface area (Å²) in [5, 5.41) is 12.3. The third-order valence-corrected chi connectivity index (χ3v) is 3.64. The first kappa shape index (κ1) is 15.0. The molecule has 0 spiro atoms. The van der Waals surface area contributed by atoms with Crippen molar-refractivity contribution in [2.75, 3.05) is 29.9 Å². The van der Waals surface area contributed by atoms with Crippen LogP contribution >= 0.6 is 0 Å². The molecule has 112 valence electrons. The third-order valence-electron chi connectivity index (χ3n) is 3.64. The van der Waals surface area contributed by atoms with Gasteiger partial charge in [-0.25, -0.2) is 9.37 Å². The van der Waals surface area contributed by atoms with Crippen LogP contribution in [0.15, 0.2) is 6.20 Å². The van der Waals surface area contributed by atoms with Crippen molar-refractivity contribution in [2.24, 2.45) is 0 Å². The Labute approximate surface area is 119 Å². The van der Waals surface area contributed by atoms with Crippen molar-refractivity contribution in [3.8, 4) is 0 Å². The zero-order valence-electron chi connectivity index (χ0n) is 12.0. The Morgan fingerprint density at radius 2 is 2.20 bits per heavy atom. The fourth-order valence-corrected chi connectivity index (χ4v) is 2.67. The minimum atomic E-state index is -0.424. The van der Waals surface area contributed by atoms with Gasteiger partial charge in [-0.1, -0.05) is 19.8 Å². The summed E-state index contributed by atoms with van der Waals surface area (Å²) in [4.78, 5) is 10.1. The van der Waals surface area contributed by atoms with Gasteiger partial charge in [0.2, 0.25) is 5.95 Å². The summed E-state index contributed by atoms with van der Waals surface area (Å²) in [6.07, 6.45) is 6.53. The first-order valence-electron chi connectivity index (χ1n) is 7.40. The first-order valence-corrected chi connectivity index (χ1v) is 7.40. The summed E-state index contributed by atoms with van der Waals surface area (Å²) >= 11 is 0. The number of hydrogen-bond acceptors (Lipinski definition) is 5. The van der Waals surface area contributed by atoms with Crippen LogP contribution in [0.4, 0.5) is 16.2 Å². The van der Waals surface area contributed by atoms with Gasteiger partial charge in [-0.2, -0.15) is 4.98 Å². The molecule has 1 aliphatic rings. The molecule has 0 radical (unpaired) electrons. The van der Waals surface area contributed by atoms with Gasteiger partial charge < -0.3 is 15.3 Å². The van der Waals surface area contributed by atoms with Crippen LogP contribution in [0.25, 0.3) is 0 Å². The number of anilines is 2. The van der Waals surface area contributed by atoms with E-state index in [-0.39, 0.29) is 12.6 Å². The van der Waals surface area contributed by atoms with E-state index >= 15 is 0 Å². The molecule has 1 aliphatic carbocycles. The van der Waals surface area contributed by atoms with Crippen molar-refractivity contribution in [3.05, 3.63) is 12.0 Å². The summed E-state index contributed by atoms with van der Waals surface area (Å²) in [5.41, 5.74) is 0. The number of aliphatic hydroxyl groups is 1. The van der Waals surface area contributed by atoms with Gasteiger partial charge in [0.15, 0.2) is 11.6 Å². The molecule has 20 heavy (non-hydrogen) atoms. The highest BCUT2D eigenvalue weighted by Crippen LogP contribution is 2.28. The lowest BCUT2D eigenvalue weighted by atomic mass is 10.2. The Balaban J connectivity index is 2.21. The average Bonchev–Trinajstić information content (AvgIpc) is 2.98. The van der Waals surface area contributed by atoms with Gasteiger partial charge in [-0.3, -0.25) is 0 Å². The molecule has 0 aromatic carbocycles. The predicted octanol–water partition coefficient (Wildman–Crippen LogP) is 2.18. The summed E-state index contributed by atoms with van der Waals surface area (Å²) in [7, 11) is 0. The number of hydrogen-bond donors (Lipinski definition) is 2. The molecule has 2 rings (SSSR count). The second-order valence-electron chi connectivity index (χ2n) is 5.15. The molecule has 2 N–H and O–H groups in total. The van der Waals surface area contributed by atoms with Crippen LogP contribution in [-0.4, -0.2) is 40.8 Å². The monoisotopic (exact) mass is 282 g/mol. The van der Waals surface area contributed by atoms with Crippen molar-refractivity contribution in [1.82, 2.24) is 9.97 Å². The number of rotatable bonds is 7. The Bertz CT molecular complexity index is 424. The highest BCUT2D eigenvalue weighted by molar-refractivity contribution is 5.45. The number of aromatic nitrogens is 2. The van der Waals surface area contributed by atoms with E-state index in [1.54, 1.807) is 0 Å². The van der Waals surface area contributed by atoms with E-state index in [2.05, 4.69) is 15.3 Å². The molecule has 0 amide bonds. The minimum Gasteiger partial charge on any atom is -0.395 e. The molecule has 0 saturated heterocycles. The molecular formula is C14H23FN4O. The maximum absolute atomic E-state index is 14.0. The van der Waals surface area contributed by atoms with Crippen molar-refractivity contribution in [3.63, 3.8) is 0 Å². The topological polar surface area (TPSA) is 61.3 Å². The zero-order chi connectivity index (χ0) is 14.4. The van der Waals surface area contributed by atoms with Crippen LogP contribution in [-0.2, 0) is 0 Å². The van der Waals surface area contributed by atoms with Crippen molar-refractivity contribution >= 4 is 11.8 Å². The second-order valence-corrected chi connectivity index (χ2v) is 5.15. The van der Waals surface area contributed by atoms with Gasteiger partial charge in [0.1, 0.15) is 0 Å². The number of halogens is 1. The predicted molar refractivity (Wildman–Crippen MR) is 77.5 cm³/mol. The van der Waals surface area contributed by atoms with Gasteiger partial charge in [-0.15, -0.1) is 0 Å². The third kappa shape index (κ3) is 3.56. The van der Waals surface area contributed by atoms with Gasteiger partial charge in [0.05, 0.1) is 12.8 Å². The maximum atomic E-state index is 14.0. The minimum absolute atomic E-state index is 0.00232. The number of nitrogens with zero attached hydrogens (tertiary/aromatic N) is 3. The van der Waals surface area contributed by atoms with E-state index in [0.717, 1.165) is 38.6 Å². The second kappa shape index (κ2) is 7.38. The average molecular weight is 282 g/mol. The maximum Gasteiger partial charge on any atom is 0.224 e. The highest BCUT2D eigenvalue weighted by atomic mass is 19.1. The Hall–Kier alpha value is -1.43. The van der Waals surface area contributed by atoms with E-state index in [1.807, 2.05) is 11.8 Å². The molecule has 0 bridgehead atoms. The summed E-state index contributed by atoms with van der Waals surface area (Å²) in [6, 6.07) is 0.269. The molecule has 1 aromatic rings. The molecule has 0 aliphatic heterocycles. The Kier molecular flexibility index (Phi) is 5.52. The van der Waals surface area contributed by atoms with Crippen LogP contribution in [0.2, 0.25) is 0 Å². The van der Waals surface area contributed by atoms with Gasteiger partial charge in [-0.05, 0) is 19.3 Å². The molecule has 1 fully saturated rings. The van der Waals surface area contributed by atoms with Gasteiger partial charge in [0.25, 0.3) is 0 Å². The van der Waals surface area contributed by atoms with Crippen LogP contribution in [0.3, 0.4) is 0 Å². The van der Waals surface area contributed by atoms with E-state index in [1.165, 1.54) is 6.20 Å². The largest absolute Gasteiger partial charge is 0.395 e. The fourth-order valence-electron chi connectivity index (χ4n) is 2.67. The van der Waals surface area contributed by atoms with E-state index < -0.39 is 5.82 Å². The SMILES string of the molecule is CCCNc1ncc(F)c(N(CCO)C2CCCC2)n1. The summed E-state index contributed by atoms with van der Waals surface area (Å²) in [6.45, 7) is 3.21. The molecule has 1 saturated carbocycles. The van der Waals surface area contributed by atoms with Gasteiger partial charge >= 0.3 is 0 Å². The van der Waals surface area contributed by atoms with Crippen molar-refractivity contribution in [1.29, 1.82) is 0 Å². The smallest absolute Gasteiger partial charge is 0.224 e. The fraction of sp³-hybridized carbons (Fsp3) is 0.714. The Morgan fingerprint density at radius 1 is 1.45 bits per heavy atom. The van der Waals surface area contributed by atoms with Crippen LogP contribution in [0, 0.1) is 5.82 Å². The molecule has 1 aromatic heterocycles. The van der Waals surface area contributed by atoms with Crippen molar-refractivity contribution < 1.29 is 9.50 Å². The summed E-state index contributed by atoms with van der Waals surface area (Å²) < 4.78 is 14.0. The molecular weight excluding hydrogens is 259 g/mol. The lowest BCUT2D eigenvalue weighted by Gasteiger charge is -2.29. The standard InChI is InChI=1S/C14H23FN4O/c1-2-7-16-14-17-10-12(15)13(18-14)19(8-9-20)11-5-3-4-6-11/h10-11,20H,2-9H2,1H3,(H,16,17,18). The molecule has 1 heterocycles. The van der Waals surface area contributed by atoms with E-state index in [9.17, 15) is 9.50 Å². The number of aliphatic hydroxyl groups excluding tert-OH is 1. The lowest BCUT2D eigenvalue weighted by molar-refractivity contribution is 0.296. The molecule has 6 heteroatoms. The quantitative estimate of drug-likeness (QED) is 0.802. The molecule has 5 nitrogen and oxygen atoms in total. The van der Waals surface area contributed by atoms with E-state index in [4.69, 9.17) is 0 Å². The lowest BCUT2D eigenvalue weighted by Crippen LogP contribution is -2.37. The molecule has 0 atom stereocenters. The first-order chi connectivity index (χ1) is 9.76.